The van der Waals surface area contributed by atoms with Gasteiger partial charge in [0, 0.05) is 35.8 Å². The molecule has 3 aromatic rings. The Morgan fingerprint density at radius 1 is 1.23 bits per heavy atom. The first-order chi connectivity index (χ1) is 14.5. The first-order valence-corrected chi connectivity index (χ1v) is 11.0. The zero-order valence-corrected chi connectivity index (χ0v) is 18.2. The van der Waals surface area contributed by atoms with E-state index in [1.54, 1.807) is 12.1 Å². The Balaban J connectivity index is 1.53. The molecule has 0 bridgehead atoms. The van der Waals surface area contributed by atoms with Crippen molar-refractivity contribution in [1.82, 2.24) is 10.3 Å². The van der Waals surface area contributed by atoms with E-state index in [-0.39, 0.29) is 17.1 Å². The van der Waals surface area contributed by atoms with Crippen LogP contribution in [0.3, 0.4) is 0 Å². The molecule has 0 saturated carbocycles. The SMILES string of the molecule is Cc1nc(-c2ccc(F)cc2)sc1C(=O)NCC1(c2cccc(Cl)c2)CCOCC1. The number of carbonyl (C=O) groups is 1. The molecule has 2 heterocycles. The normalized spacial score (nSPS) is 15.7. The number of carbonyl (C=O) groups excluding carboxylic acids is 1. The Bertz CT molecular complexity index is 1050. The Hall–Kier alpha value is -2.28. The fourth-order valence-electron chi connectivity index (χ4n) is 3.80. The smallest absolute Gasteiger partial charge is 0.263 e. The zero-order valence-electron chi connectivity index (χ0n) is 16.6. The van der Waals surface area contributed by atoms with Gasteiger partial charge in [-0.25, -0.2) is 9.37 Å². The van der Waals surface area contributed by atoms with Crippen molar-refractivity contribution in [2.75, 3.05) is 19.8 Å². The van der Waals surface area contributed by atoms with Gasteiger partial charge in [0.25, 0.3) is 5.91 Å². The van der Waals surface area contributed by atoms with E-state index in [1.165, 1.54) is 23.5 Å². The standard InChI is InChI=1S/C23H22ClFN2O2S/c1-15-20(30-22(27-15)16-5-7-19(25)8-6-16)21(28)26-14-23(9-11-29-12-10-23)17-3-2-4-18(24)13-17/h2-8,13H,9-12,14H2,1H3,(H,26,28). The summed E-state index contributed by atoms with van der Waals surface area (Å²) in [6.07, 6.45) is 1.63. The second kappa shape index (κ2) is 8.84. The summed E-state index contributed by atoms with van der Waals surface area (Å²) in [5.41, 5.74) is 2.37. The van der Waals surface area contributed by atoms with E-state index in [4.69, 9.17) is 16.3 Å². The van der Waals surface area contributed by atoms with Gasteiger partial charge in [0.15, 0.2) is 0 Å². The summed E-state index contributed by atoms with van der Waals surface area (Å²) in [7, 11) is 0. The van der Waals surface area contributed by atoms with Crippen LogP contribution in [0.4, 0.5) is 4.39 Å². The molecule has 0 atom stereocenters. The fourth-order valence-corrected chi connectivity index (χ4v) is 4.98. The largest absolute Gasteiger partial charge is 0.381 e. The molecule has 156 valence electrons. The molecule has 0 radical (unpaired) electrons. The van der Waals surface area contributed by atoms with Crippen molar-refractivity contribution in [2.24, 2.45) is 0 Å². The van der Waals surface area contributed by atoms with Gasteiger partial charge in [-0.15, -0.1) is 11.3 Å². The number of ether oxygens (including phenoxy) is 1. The number of hydrogen-bond acceptors (Lipinski definition) is 4. The van der Waals surface area contributed by atoms with Gasteiger partial charge in [0.05, 0.1) is 5.69 Å². The van der Waals surface area contributed by atoms with Crippen LogP contribution in [0.25, 0.3) is 10.6 Å². The summed E-state index contributed by atoms with van der Waals surface area (Å²) in [6.45, 7) is 3.62. The molecule has 7 heteroatoms. The quantitative estimate of drug-likeness (QED) is 0.574. The molecule has 1 N–H and O–H groups in total. The van der Waals surface area contributed by atoms with Crippen molar-refractivity contribution >= 4 is 28.8 Å². The Kier molecular flexibility index (Phi) is 6.18. The van der Waals surface area contributed by atoms with Gasteiger partial charge in [-0.2, -0.15) is 0 Å². The van der Waals surface area contributed by atoms with Crippen molar-refractivity contribution in [3.05, 3.63) is 75.5 Å². The molecular formula is C23H22ClFN2O2S. The number of aryl methyl sites for hydroxylation is 1. The molecular weight excluding hydrogens is 423 g/mol. The highest BCUT2D eigenvalue weighted by Gasteiger charge is 2.35. The lowest BCUT2D eigenvalue weighted by atomic mass is 9.74. The zero-order chi connectivity index (χ0) is 21.1. The number of amides is 1. The summed E-state index contributed by atoms with van der Waals surface area (Å²) in [5.74, 6) is -0.445. The first-order valence-electron chi connectivity index (χ1n) is 9.82. The van der Waals surface area contributed by atoms with Gasteiger partial charge in [0.2, 0.25) is 0 Å². The van der Waals surface area contributed by atoms with Crippen LogP contribution in [-0.4, -0.2) is 30.6 Å². The molecule has 0 unspecified atom stereocenters. The molecule has 1 saturated heterocycles. The fraction of sp³-hybridized carbons (Fsp3) is 0.304. The minimum atomic E-state index is -0.298. The maximum atomic E-state index is 13.2. The predicted octanol–water partition coefficient (Wildman–Crippen LogP) is 5.39. The van der Waals surface area contributed by atoms with Crippen molar-refractivity contribution < 1.29 is 13.9 Å². The molecule has 30 heavy (non-hydrogen) atoms. The minimum Gasteiger partial charge on any atom is -0.381 e. The number of hydrogen-bond donors (Lipinski definition) is 1. The van der Waals surface area contributed by atoms with Gasteiger partial charge >= 0.3 is 0 Å². The van der Waals surface area contributed by atoms with E-state index >= 15 is 0 Å². The monoisotopic (exact) mass is 444 g/mol. The highest BCUT2D eigenvalue weighted by atomic mass is 35.5. The molecule has 4 rings (SSSR count). The van der Waals surface area contributed by atoms with Crippen molar-refractivity contribution in [3.63, 3.8) is 0 Å². The van der Waals surface area contributed by atoms with Gasteiger partial charge < -0.3 is 10.1 Å². The number of benzene rings is 2. The van der Waals surface area contributed by atoms with Crippen molar-refractivity contribution in [2.45, 2.75) is 25.2 Å². The first kappa shape index (κ1) is 21.0. The molecule has 1 aromatic heterocycles. The highest BCUT2D eigenvalue weighted by molar-refractivity contribution is 7.17. The third-order valence-electron chi connectivity index (χ3n) is 5.57. The second-order valence-corrected chi connectivity index (χ2v) is 8.96. The van der Waals surface area contributed by atoms with Gasteiger partial charge in [0.1, 0.15) is 15.7 Å². The van der Waals surface area contributed by atoms with Gasteiger partial charge in [-0.3, -0.25) is 4.79 Å². The minimum absolute atomic E-state index is 0.147. The summed E-state index contributed by atoms with van der Waals surface area (Å²) in [5, 5.41) is 4.50. The van der Waals surface area contributed by atoms with Crippen molar-refractivity contribution in [3.8, 4) is 10.6 Å². The van der Waals surface area contributed by atoms with Crippen LogP contribution in [0.1, 0.15) is 33.8 Å². The number of rotatable bonds is 5. The molecule has 2 aromatic carbocycles. The lowest BCUT2D eigenvalue weighted by Gasteiger charge is -2.38. The van der Waals surface area contributed by atoms with E-state index in [1.807, 2.05) is 25.1 Å². The summed E-state index contributed by atoms with van der Waals surface area (Å²) in [4.78, 5) is 18.1. The van der Waals surface area contributed by atoms with Crippen LogP contribution in [0.5, 0.6) is 0 Å². The van der Waals surface area contributed by atoms with Crippen LogP contribution in [0, 0.1) is 12.7 Å². The lowest BCUT2D eigenvalue weighted by molar-refractivity contribution is 0.0487. The third kappa shape index (κ3) is 4.41. The van der Waals surface area contributed by atoms with E-state index in [0.717, 1.165) is 24.0 Å². The van der Waals surface area contributed by atoms with Gasteiger partial charge in [-0.05, 0) is 61.7 Å². The molecule has 4 nitrogen and oxygen atoms in total. The topological polar surface area (TPSA) is 51.2 Å². The van der Waals surface area contributed by atoms with Gasteiger partial charge in [-0.1, -0.05) is 23.7 Å². The number of nitrogens with one attached hydrogen (secondary N) is 1. The van der Waals surface area contributed by atoms with Crippen LogP contribution in [0.2, 0.25) is 5.02 Å². The van der Waals surface area contributed by atoms with E-state index in [9.17, 15) is 9.18 Å². The Morgan fingerprint density at radius 2 is 1.97 bits per heavy atom. The third-order valence-corrected chi connectivity index (χ3v) is 7.01. The average molecular weight is 445 g/mol. The number of aromatic nitrogens is 1. The Labute approximate surface area is 184 Å². The highest BCUT2D eigenvalue weighted by Crippen LogP contribution is 2.36. The average Bonchev–Trinajstić information content (AvgIpc) is 3.15. The van der Waals surface area contributed by atoms with E-state index in [2.05, 4.69) is 16.4 Å². The molecule has 0 spiro atoms. The number of thiazole rings is 1. The van der Waals surface area contributed by atoms with E-state index in [0.29, 0.717) is 40.4 Å². The molecule has 1 aliphatic heterocycles. The summed E-state index contributed by atoms with van der Waals surface area (Å²) >= 11 is 7.55. The van der Waals surface area contributed by atoms with E-state index < -0.39 is 0 Å². The molecule has 1 aliphatic rings. The number of nitrogens with zero attached hydrogens (tertiary/aromatic N) is 1. The Morgan fingerprint density at radius 3 is 2.67 bits per heavy atom. The van der Waals surface area contributed by atoms with Crippen LogP contribution in [0.15, 0.2) is 48.5 Å². The second-order valence-electron chi connectivity index (χ2n) is 7.53. The predicted molar refractivity (Wildman–Crippen MR) is 118 cm³/mol. The van der Waals surface area contributed by atoms with Crippen LogP contribution < -0.4 is 5.32 Å². The summed E-state index contributed by atoms with van der Waals surface area (Å²) < 4.78 is 18.8. The van der Waals surface area contributed by atoms with Crippen molar-refractivity contribution in [1.29, 1.82) is 0 Å². The molecule has 1 amide bonds. The molecule has 1 fully saturated rings. The maximum Gasteiger partial charge on any atom is 0.263 e. The van der Waals surface area contributed by atoms with Crippen LogP contribution in [-0.2, 0) is 10.2 Å². The summed E-state index contributed by atoms with van der Waals surface area (Å²) in [6, 6.07) is 14.0. The number of halogens is 2. The lowest BCUT2D eigenvalue weighted by Crippen LogP contribution is -2.44. The van der Waals surface area contributed by atoms with Crippen LogP contribution >= 0.6 is 22.9 Å². The maximum absolute atomic E-state index is 13.2. The molecule has 0 aliphatic carbocycles.